The lowest BCUT2D eigenvalue weighted by Gasteiger charge is -2.18. The summed E-state index contributed by atoms with van der Waals surface area (Å²) in [6.45, 7) is 3.77. The highest BCUT2D eigenvalue weighted by atomic mass is 15.1. The zero-order valence-electron chi connectivity index (χ0n) is 14.7. The summed E-state index contributed by atoms with van der Waals surface area (Å²) < 4.78 is 0. The Bertz CT molecular complexity index is 813. The molecular formula is C21H24N4. The van der Waals surface area contributed by atoms with Gasteiger partial charge in [0.15, 0.2) is 0 Å². The van der Waals surface area contributed by atoms with Gasteiger partial charge in [0, 0.05) is 18.8 Å². The van der Waals surface area contributed by atoms with Gasteiger partial charge in [0.05, 0.1) is 0 Å². The lowest BCUT2D eigenvalue weighted by atomic mass is 10.2. The molecule has 128 valence electrons. The second-order valence-corrected chi connectivity index (χ2v) is 6.43. The number of nitrogen functional groups attached to an aromatic ring is 1. The number of pyridine rings is 1. The monoisotopic (exact) mass is 332 g/mol. The van der Waals surface area contributed by atoms with E-state index in [2.05, 4.69) is 71.6 Å². The number of nitrogens with one attached hydrogen (secondary N) is 1. The van der Waals surface area contributed by atoms with Gasteiger partial charge in [-0.05, 0) is 49.4 Å². The molecule has 0 aliphatic rings. The maximum absolute atomic E-state index is 6.00. The molecule has 25 heavy (non-hydrogen) atoms. The van der Waals surface area contributed by atoms with E-state index in [4.69, 9.17) is 5.73 Å². The SMILES string of the molecule is Cc1ccc(Nc2cc(CN(C)Cc3ccccc3)cc(N)n2)cc1. The largest absolute Gasteiger partial charge is 0.384 e. The van der Waals surface area contributed by atoms with Crippen molar-refractivity contribution in [3.63, 3.8) is 0 Å². The fourth-order valence-corrected chi connectivity index (χ4v) is 2.81. The van der Waals surface area contributed by atoms with Crippen LogP contribution in [0.15, 0.2) is 66.7 Å². The molecule has 0 spiro atoms. The second-order valence-electron chi connectivity index (χ2n) is 6.43. The number of rotatable bonds is 6. The summed E-state index contributed by atoms with van der Waals surface area (Å²) in [5, 5.41) is 3.33. The average molecular weight is 332 g/mol. The van der Waals surface area contributed by atoms with Gasteiger partial charge < -0.3 is 11.1 Å². The van der Waals surface area contributed by atoms with Crippen molar-refractivity contribution in [2.75, 3.05) is 18.1 Å². The minimum absolute atomic E-state index is 0.528. The Balaban J connectivity index is 1.69. The first-order valence-corrected chi connectivity index (χ1v) is 8.41. The van der Waals surface area contributed by atoms with Crippen LogP contribution in [-0.2, 0) is 13.1 Å². The van der Waals surface area contributed by atoms with Crippen molar-refractivity contribution in [3.05, 3.63) is 83.4 Å². The molecule has 4 nitrogen and oxygen atoms in total. The van der Waals surface area contributed by atoms with Gasteiger partial charge in [-0.15, -0.1) is 0 Å². The normalized spacial score (nSPS) is 10.8. The van der Waals surface area contributed by atoms with Gasteiger partial charge in [-0.2, -0.15) is 0 Å². The summed E-state index contributed by atoms with van der Waals surface area (Å²) in [7, 11) is 2.11. The van der Waals surface area contributed by atoms with Crippen molar-refractivity contribution in [1.29, 1.82) is 0 Å². The Labute approximate surface area is 149 Å². The molecule has 4 heteroatoms. The molecule has 3 N–H and O–H groups in total. The summed E-state index contributed by atoms with van der Waals surface area (Å²) in [5.41, 5.74) is 10.7. The van der Waals surface area contributed by atoms with Crippen molar-refractivity contribution in [2.45, 2.75) is 20.0 Å². The topological polar surface area (TPSA) is 54.2 Å². The van der Waals surface area contributed by atoms with E-state index in [-0.39, 0.29) is 0 Å². The van der Waals surface area contributed by atoms with Crippen LogP contribution in [-0.4, -0.2) is 16.9 Å². The van der Waals surface area contributed by atoms with E-state index in [0.29, 0.717) is 5.82 Å². The number of aryl methyl sites for hydroxylation is 1. The van der Waals surface area contributed by atoms with Crippen LogP contribution in [0.5, 0.6) is 0 Å². The Morgan fingerprint density at radius 2 is 1.60 bits per heavy atom. The molecule has 3 aromatic rings. The lowest BCUT2D eigenvalue weighted by Crippen LogP contribution is -2.17. The molecule has 0 unspecified atom stereocenters. The highest BCUT2D eigenvalue weighted by molar-refractivity contribution is 5.59. The summed E-state index contributed by atoms with van der Waals surface area (Å²) >= 11 is 0. The smallest absolute Gasteiger partial charge is 0.133 e. The second kappa shape index (κ2) is 7.81. The molecular weight excluding hydrogens is 308 g/mol. The van der Waals surface area contributed by atoms with Crippen LogP contribution in [0.3, 0.4) is 0 Å². The van der Waals surface area contributed by atoms with E-state index in [0.717, 1.165) is 30.2 Å². The Hall–Kier alpha value is -2.85. The number of aromatic nitrogens is 1. The van der Waals surface area contributed by atoms with Crippen molar-refractivity contribution in [2.24, 2.45) is 0 Å². The zero-order valence-corrected chi connectivity index (χ0v) is 14.7. The number of nitrogens with zero attached hydrogens (tertiary/aromatic N) is 2. The van der Waals surface area contributed by atoms with Gasteiger partial charge in [-0.3, -0.25) is 4.90 Å². The van der Waals surface area contributed by atoms with Crippen LogP contribution in [0.4, 0.5) is 17.3 Å². The van der Waals surface area contributed by atoms with Crippen LogP contribution in [0.25, 0.3) is 0 Å². The Morgan fingerprint density at radius 3 is 2.32 bits per heavy atom. The molecule has 0 bridgehead atoms. The summed E-state index contributed by atoms with van der Waals surface area (Å²) in [6.07, 6.45) is 0. The van der Waals surface area contributed by atoms with E-state index >= 15 is 0 Å². The van der Waals surface area contributed by atoms with Crippen LogP contribution in [0, 0.1) is 6.92 Å². The molecule has 0 aliphatic carbocycles. The van der Waals surface area contributed by atoms with Crippen molar-refractivity contribution < 1.29 is 0 Å². The number of benzene rings is 2. The highest BCUT2D eigenvalue weighted by Gasteiger charge is 2.06. The average Bonchev–Trinajstić information content (AvgIpc) is 2.57. The third-order valence-corrected chi connectivity index (χ3v) is 3.98. The number of hydrogen-bond donors (Lipinski definition) is 2. The number of anilines is 3. The predicted molar refractivity (Wildman–Crippen MR) is 105 cm³/mol. The first-order chi connectivity index (χ1) is 12.1. The van der Waals surface area contributed by atoms with Gasteiger partial charge in [0.25, 0.3) is 0 Å². The molecule has 0 atom stereocenters. The highest BCUT2D eigenvalue weighted by Crippen LogP contribution is 2.19. The fourth-order valence-electron chi connectivity index (χ4n) is 2.81. The first-order valence-electron chi connectivity index (χ1n) is 8.41. The predicted octanol–water partition coefficient (Wildman–Crippen LogP) is 4.35. The van der Waals surface area contributed by atoms with Gasteiger partial charge in [-0.25, -0.2) is 4.98 Å². The van der Waals surface area contributed by atoms with Gasteiger partial charge in [0.2, 0.25) is 0 Å². The number of nitrogens with two attached hydrogens (primary N) is 1. The maximum Gasteiger partial charge on any atom is 0.133 e. The van der Waals surface area contributed by atoms with Crippen LogP contribution >= 0.6 is 0 Å². The third-order valence-electron chi connectivity index (χ3n) is 3.98. The summed E-state index contributed by atoms with van der Waals surface area (Å²) in [6, 6.07) is 22.7. The molecule has 0 saturated carbocycles. The van der Waals surface area contributed by atoms with E-state index in [1.807, 2.05) is 24.3 Å². The maximum atomic E-state index is 6.00. The lowest BCUT2D eigenvalue weighted by molar-refractivity contribution is 0.319. The van der Waals surface area contributed by atoms with Crippen molar-refractivity contribution in [1.82, 2.24) is 9.88 Å². The molecule has 0 amide bonds. The first kappa shape index (κ1) is 17.0. The van der Waals surface area contributed by atoms with Crippen molar-refractivity contribution >= 4 is 17.3 Å². The van der Waals surface area contributed by atoms with Gasteiger partial charge in [-0.1, -0.05) is 48.0 Å². The van der Waals surface area contributed by atoms with E-state index in [1.54, 1.807) is 0 Å². The standard InChI is InChI=1S/C21H24N4/c1-16-8-10-19(11-9-16)23-21-13-18(12-20(22)24-21)15-25(2)14-17-6-4-3-5-7-17/h3-13H,14-15H2,1-2H3,(H3,22,23,24). The fraction of sp³-hybridized carbons (Fsp3) is 0.190. The third kappa shape index (κ3) is 5.06. The van der Waals surface area contributed by atoms with Crippen LogP contribution < -0.4 is 11.1 Å². The molecule has 0 fully saturated rings. The Morgan fingerprint density at radius 1 is 0.920 bits per heavy atom. The van der Waals surface area contributed by atoms with E-state index < -0.39 is 0 Å². The molecule has 0 aliphatic heterocycles. The molecule has 1 aromatic heterocycles. The zero-order chi connectivity index (χ0) is 17.6. The Kier molecular flexibility index (Phi) is 5.31. The van der Waals surface area contributed by atoms with Gasteiger partial charge in [0.1, 0.15) is 11.6 Å². The quantitative estimate of drug-likeness (QED) is 0.705. The molecule has 0 saturated heterocycles. The summed E-state index contributed by atoms with van der Waals surface area (Å²) in [4.78, 5) is 6.65. The summed E-state index contributed by atoms with van der Waals surface area (Å²) in [5.74, 6) is 1.30. The molecule has 0 radical (unpaired) electrons. The molecule has 2 aromatic carbocycles. The van der Waals surface area contributed by atoms with E-state index in [9.17, 15) is 0 Å². The molecule has 1 heterocycles. The van der Waals surface area contributed by atoms with Crippen molar-refractivity contribution in [3.8, 4) is 0 Å². The van der Waals surface area contributed by atoms with Crippen LogP contribution in [0.2, 0.25) is 0 Å². The van der Waals surface area contributed by atoms with E-state index in [1.165, 1.54) is 11.1 Å². The molecule has 3 rings (SSSR count). The minimum atomic E-state index is 0.528. The van der Waals surface area contributed by atoms with Gasteiger partial charge >= 0.3 is 0 Å². The number of hydrogen-bond acceptors (Lipinski definition) is 4. The van der Waals surface area contributed by atoms with Crippen LogP contribution in [0.1, 0.15) is 16.7 Å². The minimum Gasteiger partial charge on any atom is -0.384 e.